The fourth-order valence-electron chi connectivity index (χ4n) is 9.68. The minimum absolute atomic E-state index is 0.0785. The van der Waals surface area contributed by atoms with Crippen LogP contribution in [-0.2, 0) is 0 Å². The summed E-state index contributed by atoms with van der Waals surface area (Å²) in [6, 6.07) is 78.5. The van der Waals surface area contributed by atoms with Gasteiger partial charge in [0, 0.05) is 22.6 Å². The molecule has 0 N–H and O–H groups in total. The first-order chi connectivity index (χ1) is 31.1. The molecule has 1 aromatic heterocycles. The van der Waals surface area contributed by atoms with Gasteiger partial charge in [-0.2, -0.15) is 0 Å². The fourth-order valence-corrected chi connectivity index (χ4v) is 9.68. The van der Waals surface area contributed by atoms with Crippen LogP contribution in [0.1, 0.15) is 28.2 Å². The molecule has 0 fully saturated rings. The summed E-state index contributed by atoms with van der Waals surface area (Å²) >= 11 is 0. The molecule has 2 nitrogen and oxygen atoms in total. The summed E-state index contributed by atoms with van der Waals surface area (Å²) < 4.78 is 0. The number of hydrogen-bond acceptors (Lipinski definition) is 2. The van der Waals surface area contributed by atoms with Crippen molar-refractivity contribution < 1.29 is 0 Å². The maximum Gasteiger partial charge on any atom is 0.161 e. The standard InChI is InChI=1S/C61H40N2/c1-39-50-32-31-43-17-9-10-20-52(43)60(50)57(37-56(39)42-15-3-2-4-16-42)45-27-25-44(26-28-45)51-33-34-55(54-22-12-11-21-53(51)54)61-62-58(48-29-23-40-13-5-7-18-46(40)35-48)38-59(63-61)49-30-24-41-14-6-8-19-47(41)36-49/h2-38,56H,1H2. The van der Waals surface area contributed by atoms with Crippen LogP contribution in [0.4, 0.5) is 0 Å². The SMILES string of the molecule is C=C1c2ccc3ccccc3c2C(c2ccc(-c3ccc(-c4nc(-c5ccc6ccccc6c5)cc(-c5ccc6ccccc6c5)n4)c4ccccc34)cc2)=CC1c1ccccc1. The van der Waals surface area contributed by atoms with Gasteiger partial charge in [0.1, 0.15) is 0 Å². The Morgan fingerprint density at radius 2 is 0.825 bits per heavy atom. The smallest absolute Gasteiger partial charge is 0.161 e. The Balaban J connectivity index is 0.978. The molecule has 1 atom stereocenters. The Morgan fingerprint density at radius 3 is 1.48 bits per heavy atom. The van der Waals surface area contributed by atoms with Crippen molar-refractivity contribution in [3.8, 4) is 45.0 Å². The molecule has 1 aliphatic rings. The van der Waals surface area contributed by atoms with E-state index in [1.165, 1.54) is 65.7 Å². The van der Waals surface area contributed by atoms with Crippen LogP contribution in [0.25, 0.3) is 99.3 Å². The van der Waals surface area contributed by atoms with Crippen LogP contribution in [0, 0.1) is 0 Å². The van der Waals surface area contributed by atoms with Gasteiger partial charge in [0.15, 0.2) is 5.82 Å². The topological polar surface area (TPSA) is 25.8 Å². The molecule has 1 unspecified atom stereocenters. The molecular formula is C61H40N2. The van der Waals surface area contributed by atoms with Crippen molar-refractivity contribution >= 4 is 54.2 Å². The summed E-state index contributed by atoms with van der Waals surface area (Å²) in [7, 11) is 0. The number of benzene rings is 10. The summed E-state index contributed by atoms with van der Waals surface area (Å²) in [5.74, 6) is 0.779. The summed E-state index contributed by atoms with van der Waals surface area (Å²) in [6.45, 7) is 4.67. The third-order valence-corrected chi connectivity index (χ3v) is 12.9. The Bertz CT molecular complexity index is 3540. The molecule has 11 aromatic rings. The maximum atomic E-state index is 5.33. The van der Waals surface area contributed by atoms with E-state index in [-0.39, 0.29) is 5.92 Å². The quantitative estimate of drug-likeness (QED) is 0.167. The van der Waals surface area contributed by atoms with Gasteiger partial charge < -0.3 is 0 Å². The predicted molar refractivity (Wildman–Crippen MR) is 266 cm³/mol. The van der Waals surface area contributed by atoms with Crippen molar-refractivity contribution in [2.75, 3.05) is 0 Å². The molecule has 294 valence electrons. The van der Waals surface area contributed by atoms with Crippen molar-refractivity contribution in [2.45, 2.75) is 5.92 Å². The van der Waals surface area contributed by atoms with Gasteiger partial charge >= 0.3 is 0 Å². The van der Waals surface area contributed by atoms with E-state index >= 15 is 0 Å². The molecule has 0 amide bonds. The number of hydrogen-bond donors (Lipinski definition) is 0. The van der Waals surface area contributed by atoms with Crippen LogP contribution in [0.2, 0.25) is 0 Å². The van der Waals surface area contributed by atoms with E-state index in [9.17, 15) is 0 Å². The Hall–Kier alpha value is -8.20. The first-order valence-electron chi connectivity index (χ1n) is 21.6. The molecule has 0 aliphatic heterocycles. The number of fused-ring (bicyclic) bond motifs is 6. The molecule has 0 spiro atoms. The van der Waals surface area contributed by atoms with Gasteiger partial charge in [-0.05, 0) is 112 Å². The lowest BCUT2D eigenvalue weighted by Gasteiger charge is -2.29. The minimum atomic E-state index is 0.0785. The molecule has 0 saturated heterocycles. The van der Waals surface area contributed by atoms with Crippen LogP contribution < -0.4 is 0 Å². The van der Waals surface area contributed by atoms with Gasteiger partial charge in [0.05, 0.1) is 11.4 Å². The van der Waals surface area contributed by atoms with E-state index in [4.69, 9.17) is 9.97 Å². The monoisotopic (exact) mass is 800 g/mol. The number of allylic oxidation sites excluding steroid dienone is 2. The second-order valence-corrected chi connectivity index (χ2v) is 16.6. The van der Waals surface area contributed by atoms with E-state index < -0.39 is 0 Å². The Labute approximate surface area is 366 Å². The largest absolute Gasteiger partial charge is 0.228 e. The zero-order valence-corrected chi connectivity index (χ0v) is 34.5. The summed E-state index contributed by atoms with van der Waals surface area (Å²) in [4.78, 5) is 10.7. The minimum Gasteiger partial charge on any atom is -0.228 e. The van der Waals surface area contributed by atoms with Crippen molar-refractivity contribution in [1.29, 1.82) is 0 Å². The van der Waals surface area contributed by atoms with Crippen molar-refractivity contribution in [3.63, 3.8) is 0 Å². The predicted octanol–water partition coefficient (Wildman–Crippen LogP) is 16.0. The molecule has 12 rings (SSSR count). The van der Waals surface area contributed by atoms with Crippen molar-refractivity contribution in [2.24, 2.45) is 0 Å². The highest BCUT2D eigenvalue weighted by atomic mass is 14.9. The fraction of sp³-hybridized carbons (Fsp3) is 0.0164. The van der Waals surface area contributed by atoms with Crippen LogP contribution in [0.3, 0.4) is 0 Å². The van der Waals surface area contributed by atoms with Crippen LogP contribution in [0.15, 0.2) is 231 Å². The van der Waals surface area contributed by atoms with E-state index in [1.807, 2.05) is 0 Å². The average Bonchev–Trinajstić information content (AvgIpc) is 3.36. The zero-order valence-electron chi connectivity index (χ0n) is 34.5. The van der Waals surface area contributed by atoms with E-state index in [2.05, 4.69) is 231 Å². The van der Waals surface area contributed by atoms with Gasteiger partial charge in [-0.25, -0.2) is 9.97 Å². The highest BCUT2D eigenvalue weighted by molar-refractivity contribution is 6.07. The molecule has 10 aromatic carbocycles. The third-order valence-electron chi connectivity index (χ3n) is 12.9. The normalized spacial score (nSPS) is 13.7. The molecule has 0 saturated carbocycles. The second kappa shape index (κ2) is 15.1. The third kappa shape index (κ3) is 6.43. The number of aromatic nitrogens is 2. The molecule has 0 radical (unpaired) electrons. The van der Waals surface area contributed by atoms with Crippen molar-refractivity contribution in [1.82, 2.24) is 9.97 Å². The van der Waals surface area contributed by atoms with Gasteiger partial charge in [0.2, 0.25) is 0 Å². The molecular weight excluding hydrogens is 761 g/mol. The van der Waals surface area contributed by atoms with E-state index in [0.29, 0.717) is 5.82 Å². The highest BCUT2D eigenvalue weighted by Crippen LogP contribution is 2.47. The average molecular weight is 801 g/mol. The van der Waals surface area contributed by atoms with Gasteiger partial charge in [-0.3, -0.25) is 0 Å². The molecule has 1 heterocycles. The van der Waals surface area contributed by atoms with Crippen LogP contribution >= 0.6 is 0 Å². The Kier molecular flexibility index (Phi) is 8.76. The Morgan fingerprint density at radius 1 is 0.349 bits per heavy atom. The summed E-state index contributed by atoms with van der Waals surface area (Å²) in [5, 5.41) is 9.51. The molecule has 0 bridgehead atoms. The van der Waals surface area contributed by atoms with E-state index in [1.54, 1.807) is 0 Å². The second-order valence-electron chi connectivity index (χ2n) is 16.6. The first kappa shape index (κ1) is 36.6. The molecule has 1 aliphatic carbocycles. The van der Waals surface area contributed by atoms with Crippen LogP contribution in [-0.4, -0.2) is 9.97 Å². The maximum absolute atomic E-state index is 5.33. The highest BCUT2D eigenvalue weighted by Gasteiger charge is 2.27. The summed E-state index contributed by atoms with van der Waals surface area (Å²) in [5.41, 5.74) is 14.5. The first-order valence-corrected chi connectivity index (χ1v) is 21.6. The summed E-state index contributed by atoms with van der Waals surface area (Å²) in [6.07, 6.45) is 2.42. The van der Waals surface area contributed by atoms with Gasteiger partial charge in [0.25, 0.3) is 0 Å². The molecule has 63 heavy (non-hydrogen) atoms. The van der Waals surface area contributed by atoms with Crippen molar-refractivity contribution in [3.05, 3.63) is 253 Å². The lowest BCUT2D eigenvalue weighted by atomic mass is 9.75. The van der Waals surface area contributed by atoms with Gasteiger partial charge in [-0.1, -0.05) is 207 Å². The lowest BCUT2D eigenvalue weighted by Crippen LogP contribution is -2.09. The molecule has 2 heteroatoms. The number of rotatable bonds is 6. The zero-order chi connectivity index (χ0) is 41.9. The number of nitrogens with zero attached hydrogens (tertiary/aromatic N) is 2. The van der Waals surface area contributed by atoms with Crippen LogP contribution in [0.5, 0.6) is 0 Å². The van der Waals surface area contributed by atoms with Gasteiger partial charge in [-0.15, -0.1) is 0 Å². The van der Waals surface area contributed by atoms with E-state index in [0.717, 1.165) is 50.0 Å². The lowest BCUT2D eigenvalue weighted by molar-refractivity contribution is 1.09.